The van der Waals surface area contributed by atoms with Crippen molar-refractivity contribution in [3.8, 4) is 22.6 Å². The minimum atomic E-state index is -3.72. The lowest BCUT2D eigenvalue weighted by Gasteiger charge is -2.08. The van der Waals surface area contributed by atoms with Crippen LogP contribution >= 0.6 is 23.1 Å². The Kier molecular flexibility index (Phi) is 4.20. The van der Waals surface area contributed by atoms with E-state index in [9.17, 15) is 13.6 Å². The summed E-state index contributed by atoms with van der Waals surface area (Å²) in [5.41, 5.74) is 2.12. The van der Waals surface area contributed by atoms with Crippen LogP contribution in [0.15, 0.2) is 35.8 Å². The Morgan fingerprint density at radius 1 is 1.26 bits per heavy atom. The second-order valence-corrected chi connectivity index (χ2v) is 6.68. The molecule has 3 aromatic rings. The number of amides is 1. The summed E-state index contributed by atoms with van der Waals surface area (Å²) in [6, 6.07) is 5.85. The van der Waals surface area contributed by atoms with Crippen molar-refractivity contribution in [1.82, 2.24) is 9.36 Å². The zero-order chi connectivity index (χ0) is 19.2. The summed E-state index contributed by atoms with van der Waals surface area (Å²) in [5, 5.41) is 4.53. The molecule has 0 saturated carbocycles. The number of ether oxygens (including phenoxy) is 2. The molecule has 0 aliphatic carbocycles. The molecule has 1 aliphatic rings. The van der Waals surface area contributed by atoms with Gasteiger partial charge in [0.1, 0.15) is 5.82 Å². The number of hydrogen-bond donors (Lipinski definition) is 1. The van der Waals surface area contributed by atoms with Gasteiger partial charge in [-0.15, -0.1) is 8.78 Å². The van der Waals surface area contributed by atoms with Crippen molar-refractivity contribution in [3.05, 3.63) is 52.1 Å². The molecule has 0 unspecified atom stereocenters. The first-order chi connectivity index (χ1) is 12.8. The summed E-state index contributed by atoms with van der Waals surface area (Å²) in [6.07, 6.45) is -2.25. The van der Waals surface area contributed by atoms with Crippen LogP contribution in [0.4, 0.5) is 14.6 Å². The van der Waals surface area contributed by atoms with Gasteiger partial charge in [0, 0.05) is 28.8 Å². The topological polar surface area (TPSA) is 73.3 Å². The highest BCUT2D eigenvalue weighted by Crippen LogP contribution is 2.45. The van der Waals surface area contributed by atoms with Crippen LogP contribution in [0.25, 0.3) is 11.1 Å². The molecule has 4 rings (SSSR count). The molecule has 1 N–H and O–H groups in total. The molecule has 0 radical (unpaired) electrons. The molecule has 1 amide bonds. The maximum Gasteiger partial charge on any atom is 0.586 e. The van der Waals surface area contributed by atoms with Crippen LogP contribution in [0.2, 0.25) is 5.02 Å². The number of carbonyl (C=O) groups excluding carboxylic acids is 1. The zero-order valence-electron chi connectivity index (χ0n) is 13.6. The number of nitrogens with one attached hydrogen (secondary N) is 1. The highest BCUT2D eigenvalue weighted by molar-refractivity contribution is 7.04. The van der Waals surface area contributed by atoms with Gasteiger partial charge in [-0.25, -0.2) is 4.98 Å². The fraction of sp³-hybridized carbons (Fsp3) is 0.118. The first-order valence-electron chi connectivity index (χ1n) is 7.60. The Hall–Kier alpha value is -2.78. The number of aryl methyl sites for hydroxylation is 1. The standard InChI is InChI=1S/C17H10ClF2N3O3S/c1-8-11(7-27-23-8)16(24)22-15-3-2-9(6-21-15)10-4-13-14(5-12(10)18)26-17(19,20)25-13/h2-7H,1H3,(H,21,22,24). The third kappa shape index (κ3) is 3.43. The number of nitrogens with zero attached hydrogens (tertiary/aromatic N) is 2. The van der Waals surface area contributed by atoms with E-state index in [1.807, 2.05) is 0 Å². The van der Waals surface area contributed by atoms with E-state index in [2.05, 4.69) is 24.1 Å². The minimum absolute atomic E-state index is 0.114. The van der Waals surface area contributed by atoms with Gasteiger partial charge < -0.3 is 14.8 Å². The number of anilines is 1. The normalized spacial score (nSPS) is 14.2. The average molecular weight is 410 g/mol. The number of halogens is 3. The molecule has 0 atom stereocenters. The zero-order valence-corrected chi connectivity index (χ0v) is 15.2. The maximum absolute atomic E-state index is 13.2. The lowest BCUT2D eigenvalue weighted by molar-refractivity contribution is -0.286. The van der Waals surface area contributed by atoms with Crippen molar-refractivity contribution in [2.24, 2.45) is 0 Å². The van der Waals surface area contributed by atoms with Crippen LogP contribution < -0.4 is 14.8 Å². The number of pyridine rings is 1. The lowest BCUT2D eigenvalue weighted by Crippen LogP contribution is -2.25. The number of alkyl halides is 2. The van der Waals surface area contributed by atoms with Crippen LogP contribution in [0.3, 0.4) is 0 Å². The fourth-order valence-corrected chi connectivity index (χ4v) is 3.47. The number of benzene rings is 1. The smallest absolute Gasteiger partial charge is 0.395 e. The molecule has 3 heterocycles. The number of carbonyl (C=O) groups is 1. The van der Waals surface area contributed by atoms with Crippen LogP contribution in [0, 0.1) is 6.92 Å². The summed E-state index contributed by atoms with van der Waals surface area (Å²) in [6.45, 7) is 1.74. The van der Waals surface area contributed by atoms with Gasteiger partial charge in [0.2, 0.25) is 0 Å². The van der Waals surface area contributed by atoms with Crippen molar-refractivity contribution < 1.29 is 23.0 Å². The lowest BCUT2D eigenvalue weighted by atomic mass is 10.1. The molecular formula is C17H10ClF2N3O3S. The van der Waals surface area contributed by atoms with Gasteiger partial charge in [-0.05, 0) is 36.7 Å². The Labute approximate surface area is 160 Å². The van der Waals surface area contributed by atoms with E-state index in [-0.39, 0.29) is 22.4 Å². The van der Waals surface area contributed by atoms with Crippen molar-refractivity contribution in [3.63, 3.8) is 0 Å². The average Bonchev–Trinajstić information content (AvgIpc) is 3.16. The minimum Gasteiger partial charge on any atom is -0.395 e. The molecule has 1 aromatic carbocycles. The van der Waals surface area contributed by atoms with E-state index >= 15 is 0 Å². The molecule has 6 nitrogen and oxygen atoms in total. The van der Waals surface area contributed by atoms with Gasteiger partial charge in [0.05, 0.1) is 16.3 Å². The van der Waals surface area contributed by atoms with E-state index in [4.69, 9.17) is 11.6 Å². The summed E-state index contributed by atoms with van der Waals surface area (Å²) in [4.78, 5) is 16.4. The highest BCUT2D eigenvalue weighted by Gasteiger charge is 2.43. The molecule has 2 aromatic heterocycles. The molecule has 0 saturated heterocycles. The largest absolute Gasteiger partial charge is 0.586 e. The number of hydrogen-bond acceptors (Lipinski definition) is 6. The Morgan fingerprint density at radius 3 is 2.63 bits per heavy atom. The van der Waals surface area contributed by atoms with Crippen LogP contribution in [-0.2, 0) is 0 Å². The fourth-order valence-electron chi connectivity index (χ4n) is 2.51. The third-order valence-corrected chi connectivity index (χ3v) is 4.83. The van der Waals surface area contributed by atoms with Gasteiger partial charge >= 0.3 is 6.29 Å². The highest BCUT2D eigenvalue weighted by atomic mass is 35.5. The summed E-state index contributed by atoms with van der Waals surface area (Å²) >= 11 is 7.36. The quantitative estimate of drug-likeness (QED) is 0.676. The second-order valence-electron chi connectivity index (χ2n) is 5.65. The molecular weight excluding hydrogens is 400 g/mol. The Balaban J connectivity index is 1.57. The van der Waals surface area contributed by atoms with Crippen molar-refractivity contribution in [2.45, 2.75) is 13.2 Å². The van der Waals surface area contributed by atoms with E-state index in [1.165, 1.54) is 29.9 Å². The predicted octanol–water partition coefficient (Wildman–Crippen LogP) is 4.74. The number of aromatic nitrogens is 2. The van der Waals surface area contributed by atoms with E-state index in [1.54, 1.807) is 24.4 Å². The Bertz CT molecular complexity index is 1040. The van der Waals surface area contributed by atoms with Gasteiger partial charge in [0.25, 0.3) is 5.91 Å². The van der Waals surface area contributed by atoms with Crippen molar-refractivity contribution in [2.75, 3.05) is 5.32 Å². The van der Waals surface area contributed by atoms with Crippen LogP contribution in [0.1, 0.15) is 16.1 Å². The van der Waals surface area contributed by atoms with Gasteiger partial charge in [-0.1, -0.05) is 11.6 Å². The SMILES string of the molecule is Cc1nscc1C(=O)Nc1ccc(-c2cc3c(cc2Cl)OC(F)(F)O3)cn1. The van der Waals surface area contributed by atoms with Gasteiger partial charge in [0.15, 0.2) is 11.5 Å². The van der Waals surface area contributed by atoms with E-state index in [0.717, 1.165) is 0 Å². The maximum atomic E-state index is 13.2. The third-order valence-electron chi connectivity index (χ3n) is 3.80. The first kappa shape index (κ1) is 17.6. The molecule has 138 valence electrons. The monoisotopic (exact) mass is 409 g/mol. The van der Waals surface area contributed by atoms with E-state index < -0.39 is 6.29 Å². The molecule has 10 heteroatoms. The molecule has 27 heavy (non-hydrogen) atoms. The second kappa shape index (κ2) is 6.43. The summed E-state index contributed by atoms with van der Waals surface area (Å²) in [5.74, 6) is -0.231. The first-order valence-corrected chi connectivity index (χ1v) is 8.82. The number of fused-ring (bicyclic) bond motifs is 1. The predicted molar refractivity (Wildman–Crippen MR) is 95.7 cm³/mol. The molecule has 0 bridgehead atoms. The van der Waals surface area contributed by atoms with Crippen molar-refractivity contribution >= 4 is 34.9 Å². The van der Waals surface area contributed by atoms with Crippen LogP contribution in [-0.4, -0.2) is 21.6 Å². The van der Waals surface area contributed by atoms with Gasteiger partial charge in [-0.2, -0.15) is 4.37 Å². The van der Waals surface area contributed by atoms with Gasteiger partial charge in [-0.3, -0.25) is 4.79 Å². The summed E-state index contributed by atoms with van der Waals surface area (Å²) in [7, 11) is 0. The number of rotatable bonds is 3. The molecule has 0 spiro atoms. The van der Waals surface area contributed by atoms with Crippen LogP contribution in [0.5, 0.6) is 11.5 Å². The summed E-state index contributed by atoms with van der Waals surface area (Å²) < 4.78 is 39.2. The van der Waals surface area contributed by atoms with Crippen molar-refractivity contribution in [1.29, 1.82) is 0 Å². The molecule has 1 aliphatic heterocycles. The Morgan fingerprint density at radius 2 is 2.00 bits per heavy atom. The van der Waals surface area contributed by atoms with E-state index in [0.29, 0.717) is 28.2 Å². The molecule has 0 fully saturated rings.